The highest BCUT2D eigenvalue weighted by Crippen LogP contribution is 2.36. The number of nitrogens with two attached hydrogens (primary N) is 1. The summed E-state index contributed by atoms with van der Waals surface area (Å²) in [7, 11) is 0. The Kier molecular flexibility index (Phi) is 2.87. The summed E-state index contributed by atoms with van der Waals surface area (Å²) >= 11 is 0. The molecule has 0 aliphatic heterocycles. The normalized spacial score (nSPS) is 17.0. The fourth-order valence-electron chi connectivity index (χ4n) is 3.38. The average molecular weight is 296 g/mol. The maximum absolute atomic E-state index is 10.6. The lowest BCUT2D eigenvalue weighted by Gasteiger charge is -2.37. The highest BCUT2D eigenvalue weighted by molar-refractivity contribution is 6.06. The Bertz CT molecular complexity index is 864. The topological polar surface area (TPSA) is 77.0 Å². The van der Waals surface area contributed by atoms with Crippen LogP contribution in [0.5, 0.6) is 0 Å². The van der Waals surface area contributed by atoms with Crippen LogP contribution >= 0.6 is 0 Å². The van der Waals surface area contributed by atoms with Crippen LogP contribution in [0.4, 0.5) is 5.82 Å². The molecule has 22 heavy (non-hydrogen) atoms. The van der Waals surface area contributed by atoms with Gasteiger partial charge in [0.1, 0.15) is 11.3 Å². The lowest BCUT2D eigenvalue weighted by Crippen LogP contribution is -2.41. The summed E-state index contributed by atoms with van der Waals surface area (Å²) in [4.78, 5) is 9.15. The van der Waals surface area contributed by atoms with Crippen molar-refractivity contribution in [2.24, 2.45) is 0 Å². The first-order valence-electron chi connectivity index (χ1n) is 7.87. The van der Waals surface area contributed by atoms with E-state index in [1.165, 1.54) is 0 Å². The van der Waals surface area contributed by atoms with Gasteiger partial charge in [0, 0.05) is 11.8 Å². The van der Waals surface area contributed by atoms with Crippen molar-refractivity contribution in [3.63, 3.8) is 0 Å². The SMILES string of the molecule is CCc1nc2c(N)nc3ccccc3c2n1CC1(O)CCC1. The van der Waals surface area contributed by atoms with Crippen LogP contribution in [0.1, 0.15) is 32.0 Å². The quantitative estimate of drug-likeness (QED) is 0.779. The largest absolute Gasteiger partial charge is 0.388 e. The van der Waals surface area contributed by atoms with Gasteiger partial charge in [0.25, 0.3) is 0 Å². The van der Waals surface area contributed by atoms with E-state index in [4.69, 9.17) is 5.73 Å². The second-order valence-electron chi connectivity index (χ2n) is 6.26. The first-order chi connectivity index (χ1) is 10.6. The number of hydrogen-bond acceptors (Lipinski definition) is 4. The summed E-state index contributed by atoms with van der Waals surface area (Å²) in [5, 5.41) is 11.7. The van der Waals surface area contributed by atoms with Crippen molar-refractivity contribution >= 4 is 27.8 Å². The zero-order chi connectivity index (χ0) is 15.3. The van der Waals surface area contributed by atoms with Crippen molar-refractivity contribution in [3.05, 3.63) is 30.1 Å². The molecule has 3 N–H and O–H groups in total. The Morgan fingerprint density at radius 3 is 2.73 bits per heavy atom. The van der Waals surface area contributed by atoms with Crippen LogP contribution in [-0.4, -0.2) is 25.2 Å². The molecule has 0 spiro atoms. The number of rotatable bonds is 3. The number of aromatic nitrogens is 3. The van der Waals surface area contributed by atoms with Gasteiger partial charge in [-0.1, -0.05) is 25.1 Å². The monoisotopic (exact) mass is 296 g/mol. The fraction of sp³-hybridized carbons (Fsp3) is 0.412. The van der Waals surface area contributed by atoms with E-state index in [1.54, 1.807) is 0 Å². The molecule has 2 aromatic heterocycles. The van der Waals surface area contributed by atoms with Gasteiger partial charge < -0.3 is 15.4 Å². The molecule has 1 fully saturated rings. The molecule has 114 valence electrons. The maximum atomic E-state index is 10.6. The number of imidazole rings is 1. The summed E-state index contributed by atoms with van der Waals surface area (Å²) in [6.45, 7) is 2.66. The van der Waals surface area contributed by atoms with E-state index in [9.17, 15) is 5.11 Å². The third kappa shape index (κ3) is 1.89. The number of nitrogens with zero attached hydrogens (tertiary/aromatic N) is 3. The van der Waals surface area contributed by atoms with Crippen molar-refractivity contribution in [1.29, 1.82) is 0 Å². The lowest BCUT2D eigenvalue weighted by atomic mass is 9.80. The van der Waals surface area contributed by atoms with Crippen LogP contribution in [0.3, 0.4) is 0 Å². The van der Waals surface area contributed by atoms with Gasteiger partial charge >= 0.3 is 0 Å². The second-order valence-corrected chi connectivity index (χ2v) is 6.26. The molecule has 1 saturated carbocycles. The Morgan fingerprint density at radius 1 is 1.27 bits per heavy atom. The van der Waals surface area contributed by atoms with Gasteiger partial charge in [-0.25, -0.2) is 9.97 Å². The van der Waals surface area contributed by atoms with Crippen LogP contribution in [0, 0.1) is 0 Å². The van der Waals surface area contributed by atoms with Crippen LogP contribution < -0.4 is 5.73 Å². The number of pyridine rings is 1. The summed E-state index contributed by atoms with van der Waals surface area (Å²) in [5.74, 6) is 1.42. The maximum Gasteiger partial charge on any atom is 0.152 e. The Morgan fingerprint density at radius 2 is 2.05 bits per heavy atom. The molecule has 5 nitrogen and oxygen atoms in total. The summed E-state index contributed by atoms with van der Waals surface area (Å²) in [6, 6.07) is 7.97. The van der Waals surface area contributed by atoms with Gasteiger partial charge in [0.2, 0.25) is 0 Å². The van der Waals surface area contributed by atoms with Crippen LogP contribution in [-0.2, 0) is 13.0 Å². The van der Waals surface area contributed by atoms with Crippen LogP contribution in [0.25, 0.3) is 21.9 Å². The van der Waals surface area contributed by atoms with Gasteiger partial charge in [0.15, 0.2) is 5.82 Å². The van der Waals surface area contributed by atoms with Gasteiger partial charge in [0.05, 0.1) is 23.2 Å². The van der Waals surface area contributed by atoms with Gasteiger partial charge in [-0.05, 0) is 25.3 Å². The van der Waals surface area contributed by atoms with E-state index in [1.807, 2.05) is 24.3 Å². The third-order valence-electron chi connectivity index (χ3n) is 4.74. The van der Waals surface area contributed by atoms with Crippen LogP contribution in [0.15, 0.2) is 24.3 Å². The smallest absolute Gasteiger partial charge is 0.152 e. The van der Waals surface area contributed by atoms with Gasteiger partial charge in [-0.3, -0.25) is 0 Å². The second kappa shape index (κ2) is 4.68. The molecule has 1 aliphatic rings. The fourth-order valence-corrected chi connectivity index (χ4v) is 3.38. The van der Waals surface area contributed by atoms with Gasteiger partial charge in [-0.2, -0.15) is 0 Å². The number of aryl methyl sites for hydroxylation is 1. The number of hydrogen-bond donors (Lipinski definition) is 2. The highest BCUT2D eigenvalue weighted by Gasteiger charge is 2.36. The average Bonchev–Trinajstić information content (AvgIpc) is 2.85. The number of nitrogen functional groups attached to an aromatic ring is 1. The molecule has 0 radical (unpaired) electrons. The molecule has 4 rings (SSSR count). The zero-order valence-electron chi connectivity index (χ0n) is 12.7. The number of aliphatic hydroxyl groups is 1. The summed E-state index contributed by atoms with van der Waals surface area (Å²) in [5.41, 5.74) is 8.14. The van der Waals surface area contributed by atoms with Crippen molar-refractivity contribution in [1.82, 2.24) is 14.5 Å². The molecule has 1 aliphatic carbocycles. The summed E-state index contributed by atoms with van der Waals surface area (Å²) < 4.78 is 2.15. The molecule has 0 unspecified atom stereocenters. The highest BCUT2D eigenvalue weighted by atomic mass is 16.3. The number of benzene rings is 1. The Hall–Kier alpha value is -2.14. The van der Waals surface area contributed by atoms with Crippen molar-refractivity contribution in [2.75, 3.05) is 5.73 Å². The minimum atomic E-state index is -0.601. The molecule has 0 bridgehead atoms. The first kappa shape index (κ1) is 13.5. The van der Waals surface area contributed by atoms with E-state index in [-0.39, 0.29) is 0 Å². The number of para-hydroxylation sites is 1. The molecule has 2 heterocycles. The minimum Gasteiger partial charge on any atom is -0.388 e. The van der Waals surface area contributed by atoms with E-state index in [2.05, 4.69) is 21.5 Å². The summed E-state index contributed by atoms with van der Waals surface area (Å²) in [6.07, 6.45) is 3.61. The third-order valence-corrected chi connectivity index (χ3v) is 4.74. The number of fused-ring (bicyclic) bond motifs is 3. The number of anilines is 1. The predicted octanol–water partition coefficient (Wildman–Crippen LogP) is 2.64. The van der Waals surface area contributed by atoms with E-state index in [0.717, 1.165) is 53.4 Å². The van der Waals surface area contributed by atoms with Crippen molar-refractivity contribution in [2.45, 2.75) is 44.8 Å². The zero-order valence-corrected chi connectivity index (χ0v) is 12.7. The minimum absolute atomic E-state index is 0.461. The van der Waals surface area contributed by atoms with E-state index < -0.39 is 5.60 Å². The lowest BCUT2D eigenvalue weighted by molar-refractivity contribution is -0.0469. The molecular formula is C17H20N4O. The van der Waals surface area contributed by atoms with Crippen molar-refractivity contribution < 1.29 is 5.11 Å². The molecule has 1 aromatic carbocycles. The standard InChI is InChI=1S/C17H20N4O/c1-2-13-20-14-15(21(13)10-17(22)8-5-9-17)11-6-3-4-7-12(11)19-16(14)18/h3-4,6-7,22H,2,5,8-10H2,1H3,(H2,18,19). The Balaban J connectivity index is 2.03. The van der Waals surface area contributed by atoms with Gasteiger partial charge in [-0.15, -0.1) is 0 Å². The Labute approximate surface area is 128 Å². The predicted molar refractivity (Wildman–Crippen MR) is 87.6 cm³/mol. The molecule has 3 aromatic rings. The van der Waals surface area contributed by atoms with E-state index in [0.29, 0.717) is 12.4 Å². The van der Waals surface area contributed by atoms with Crippen LogP contribution in [0.2, 0.25) is 0 Å². The molecular weight excluding hydrogens is 276 g/mol. The van der Waals surface area contributed by atoms with E-state index >= 15 is 0 Å². The molecule has 5 heteroatoms. The van der Waals surface area contributed by atoms with Crippen molar-refractivity contribution in [3.8, 4) is 0 Å². The first-order valence-corrected chi connectivity index (χ1v) is 7.87. The molecule has 0 saturated heterocycles. The molecule has 0 amide bonds. The molecule has 0 atom stereocenters.